The highest BCUT2D eigenvalue weighted by atomic mass is 16.5. The monoisotopic (exact) mass is 316 g/mol. The molecule has 122 valence electrons. The molecule has 7 heteroatoms. The molecule has 0 aliphatic heterocycles. The maximum absolute atomic E-state index is 11.6. The Bertz CT molecular complexity index is 753. The van der Waals surface area contributed by atoms with E-state index >= 15 is 0 Å². The second-order valence-corrected chi connectivity index (χ2v) is 5.17. The van der Waals surface area contributed by atoms with Crippen molar-refractivity contribution in [3.63, 3.8) is 0 Å². The number of rotatable bonds is 6. The van der Waals surface area contributed by atoms with Gasteiger partial charge in [0.05, 0.1) is 18.5 Å². The van der Waals surface area contributed by atoms with Gasteiger partial charge < -0.3 is 9.84 Å². The number of hydrazone groups is 1. The smallest absolute Gasteiger partial charge is 0.252 e. The molecule has 1 aromatic heterocycles. The molecule has 1 aromatic carbocycles. The molecule has 0 saturated heterocycles. The Kier molecular flexibility index (Phi) is 5.35. The van der Waals surface area contributed by atoms with Gasteiger partial charge in [-0.15, -0.1) is 0 Å². The Morgan fingerprint density at radius 3 is 2.96 bits per heavy atom. The molecule has 0 atom stereocenters. The average molecular weight is 316 g/mol. The number of phenolic OH excluding ortho intramolecular Hbond substituents is 1. The Balaban J connectivity index is 2.16. The fourth-order valence-electron chi connectivity index (χ4n) is 1.90. The zero-order valence-corrected chi connectivity index (χ0v) is 13.3. The number of aromatic amines is 1. The molecule has 0 spiro atoms. The molecule has 2 rings (SSSR count). The summed E-state index contributed by atoms with van der Waals surface area (Å²) in [7, 11) is 0. The lowest BCUT2D eigenvalue weighted by Crippen LogP contribution is -2.12. The van der Waals surface area contributed by atoms with E-state index in [2.05, 4.69) is 20.5 Å². The van der Waals surface area contributed by atoms with Crippen LogP contribution in [0.5, 0.6) is 11.5 Å². The number of phenols is 1. The van der Waals surface area contributed by atoms with Crippen LogP contribution in [-0.4, -0.2) is 27.9 Å². The SMILES string of the molecule is CCOc1cccc(/C=N\Nc2nc(C(C)C)cc(=O)[nH]2)c1O. The molecule has 1 heterocycles. The highest BCUT2D eigenvalue weighted by Gasteiger charge is 2.06. The summed E-state index contributed by atoms with van der Waals surface area (Å²) in [4.78, 5) is 18.4. The lowest BCUT2D eigenvalue weighted by Gasteiger charge is -2.07. The number of anilines is 1. The topological polar surface area (TPSA) is 99.6 Å². The maximum Gasteiger partial charge on any atom is 0.252 e. The first-order valence-electron chi connectivity index (χ1n) is 7.36. The van der Waals surface area contributed by atoms with Gasteiger partial charge in [0.1, 0.15) is 0 Å². The van der Waals surface area contributed by atoms with Gasteiger partial charge in [-0.2, -0.15) is 5.10 Å². The van der Waals surface area contributed by atoms with Crippen molar-refractivity contribution >= 4 is 12.2 Å². The molecule has 0 fully saturated rings. The summed E-state index contributed by atoms with van der Waals surface area (Å²) in [5.74, 6) is 0.786. The molecule has 23 heavy (non-hydrogen) atoms. The summed E-state index contributed by atoms with van der Waals surface area (Å²) in [5, 5.41) is 14.1. The summed E-state index contributed by atoms with van der Waals surface area (Å²) in [6, 6.07) is 6.58. The van der Waals surface area contributed by atoms with Crippen LogP contribution in [0.2, 0.25) is 0 Å². The highest BCUT2D eigenvalue weighted by molar-refractivity contribution is 5.85. The minimum Gasteiger partial charge on any atom is -0.504 e. The molecule has 0 aliphatic rings. The minimum atomic E-state index is -0.248. The number of nitrogens with one attached hydrogen (secondary N) is 2. The molecular weight excluding hydrogens is 296 g/mol. The molecule has 0 saturated carbocycles. The lowest BCUT2D eigenvalue weighted by atomic mass is 10.1. The zero-order valence-electron chi connectivity index (χ0n) is 13.3. The summed E-state index contributed by atoms with van der Waals surface area (Å²) in [6.45, 7) is 6.20. The quantitative estimate of drug-likeness (QED) is 0.561. The first-order valence-corrected chi connectivity index (χ1v) is 7.36. The van der Waals surface area contributed by atoms with Crippen LogP contribution in [0.3, 0.4) is 0 Å². The summed E-state index contributed by atoms with van der Waals surface area (Å²) < 4.78 is 5.31. The van der Waals surface area contributed by atoms with Crippen molar-refractivity contribution in [2.24, 2.45) is 5.10 Å². The Morgan fingerprint density at radius 2 is 2.26 bits per heavy atom. The predicted octanol–water partition coefficient (Wildman–Crippen LogP) is 2.44. The fraction of sp³-hybridized carbons (Fsp3) is 0.312. The van der Waals surface area contributed by atoms with E-state index in [0.29, 0.717) is 23.6 Å². The number of aromatic nitrogens is 2. The highest BCUT2D eigenvalue weighted by Crippen LogP contribution is 2.28. The van der Waals surface area contributed by atoms with E-state index in [0.717, 1.165) is 0 Å². The molecule has 0 radical (unpaired) electrons. The number of nitrogens with zero attached hydrogens (tertiary/aromatic N) is 2. The Hall–Kier alpha value is -2.83. The van der Waals surface area contributed by atoms with Crippen molar-refractivity contribution in [3.8, 4) is 11.5 Å². The number of H-pyrrole nitrogens is 1. The van der Waals surface area contributed by atoms with Gasteiger partial charge >= 0.3 is 0 Å². The van der Waals surface area contributed by atoms with Crippen molar-refractivity contribution in [3.05, 3.63) is 45.9 Å². The van der Waals surface area contributed by atoms with Gasteiger partial charge in [0.2, 0.25) is 5.95 Å². The summed E-state index contributed by atoms with van der Waals surface area (Å²) >= 11 is 0. The van der Waals surface area contributed by atoms with E-state index in [1.807, 2.05) is 20.8 Å². The molecule has 0 unspecified atom stereocenters. The van der Waals surface area contributed by atoms with E-state index in [1.165, 1.54) is 12.3 Å². The van der Waals surface area contributed by atoms with Gasteiger partial charge in [-0.05, 0) is 25.0 Å². The van der Waals surface area contributed by atoms with Crippen molar-refractivity contribution < 1.29 is 9.84 Å². The fourth-order valence-corrected chi connectivity index (χ4v) is 1.90. The van der Waals surface area contributed by atoms with Gasteiger partial charge in [-0.25, -0.2) is 10.4 Å². The number of benzene rings is 1. The average Bonchev–Trinajstić information content (AvgIpc) is 2.50. The molecule has 0 amide bonds. The van der Waals surface area contributed by atoms with Crippen molar-refractivity contribution in [1.82, 2.24) is 9.97 Å². The normalized spacial score (nSPS) is 11.1. The van der Waals surface area contributed by atoms with Crippen LogP contribution in [0.1, 0.15) is 37.9 Å². The van der Waals surface area contributed by atoms with Crippen LogP contribution in [0, 0.1) is 0 Å². The Morgan fingerprint density at radius 1 is 1.48 bits per heavy atom. The maximum atomic E-state index is 11.6. The number of para-hydroxylation sites is 1. The third-order valence-corrected chi connectivity index (χ3v) is 3.06. The van der Waals surface area contributed by atoms with Crippen LogP contribution in [-0.2, 0) is 0 Å². The van der Waals surface area contributed by atoms with Crippen molar-refractivity contribution in [1.29, 1.82) is 0 Å². The first-order chi connectivity index (χ1) is 11.0. The molecule has 0 aliphatic carbocycles. The van der Waals surface area contributed by atoms with Crippen molar-refractivity contribution in [2.75, 3.05) is 12.0 Å². The van der Waals surface area contributed by atoms with Gasteiger partial charge in [-0.3, -0.25) is 9.78 Å². The molecule has 7 nitrogen and oxygen atoms in total. The second-order valence-electron chi connectivity index (χ2n) is 5.17. The third-order valence-electron chi connectivity index (χ3n) is 3.06. The zero-order chi connectivity index (χ0) is 16.8. The van der Waals surface area contributed by atoms with Gasteiger partial charge in [-0.1, -0.05) is 19.9 Å². The number of ether oxygens (including phenoxy) is 1. The van der Waals surface area contributed by atoms with Crippen LogP contribution in [0.15, 0.2) is 34.2 Å². The van der Waals surface area contributed by atoms with Crippen LogP contribution < -0.4 is 15.7 Å². The molecule has 3 N–H and O–H groups in total. The van der Waals surface area contributed by atoms with Gasteiger partial charge in [0.25, 0.3) is 5.56 Å². The number of hydrogen-bond acceptors (Lipinski definition) is 6. The van der Waals surface area contributed by atoms with Crippen LogP contribution in [0.4, 0.5) is 5.95 Å². The third kappa shape index (κ3) is 4.32. The summed E-state index contributed by atoms with van der Waals surface area (Å²) in [5.41, 5.74) is 3.58. The first kappa shape index (κ1) is 16.5. The minimum absolute atomic E-state index is 0.0114. The van der Waals surface area contributed by atoms with Crippen LogP contribution >= 0.6 is 0 Å². The molecule has 0 bridgehead atoms. The van der Waals surface area contributed by atoms with E-state index in [-0.39, 0.29) is 23.2 Å². The van der Waals surface area contributed by atoms with E-state index < -0.39 is 0 Å². The van der Waals surface area contributed by atoms with Crippen molar-refractivity contribution in [2.45, 2.75) is 26.7 Å². The second kappa shape index (κ2) is 7.44. The van der Waals surface area contributed by atoms with E-state index in [1.54, 1.807) is 18.2 Å². The molecular formula is C16H20N4O3. The summed E-state index contributed by atoms with van der Waals surface area (Å²) in [6.07, 6.45) is 1.43. The van der Waals surface area contributed by atoms with Gasteiger partial charge in [0, 0.05) is 11.6 Å². The predicted molar refractivity (Wildman–Crippen MR) is 89.4 cm³/mol. The standard InChI is InChI=1S/C16H20N4O3/c1-4-23-13-7-5-6-11(15(13)22)9-17-20-16-18-12(10(2)3)8-14(21)19-16/h5-10,22H,4H2,1-3H3,(H2,18,19,20,21)/b17-9-. The number of hydrogen-bond donors (Lipinski definition) is 3. The number of aromatic hydroxyl groups is 1. The van der Waals surface area contributed by atoms with Gasteiger partial charge in [0.15, 0.2) is 11.5 Å². The largest absolute Gasteiger partial charge is 0.504 e. The van der Waals surface area contributed by atoms with E-state index in [4.69, 9.17) is 4.74 Å². The van der Waals surface area contributed by atoms with Crippen LogP contribution in [0.25, 0.3) is 0 Å². The molecule has 2 aromatic rings. The Labute approximate surface area is 134 Å². The lowest BCUT2D eigenvalue weighted by molar-refractivity contribution is 0.318. The van der Waals surface area contributed by atoms with E-state index in [9.17, 15) is 9.90 Å².